The lowest BCUT2D eigenvalue weighted by molar-refractivity contribution is -0.126. The van der Waals surface area contributed by atoms with Gasteiger partial charge in [0.2, 0.25) is 0 Å². The van der Waals surface area contributed by atoms with E-state index in [0.717, 1.165) is 5.56 Å². The third-order valence-corrected chi connectivity index (χ3v) is 2.37. The van der Waals surface area contributed by atoms with Crippen LogP contribution in [-0.4, -0.2) is 19.0 Å². The van der Waals surface area contributed by atoms with Gasteiger partial charge in [0.1, 0.15) is 5.78 Å². The minimum Gasteiger partial charge on any atom is -0.380 e. The van der Waals surface area contributed by atoms with Crippen molar-refractivity contribution >= 4 is 5.78 Å². The fourth-order valence-electron chi connectivity index (χ4n) is 1.61. The number of benzene rings is 1. The summed E-state index contributed by atoms with van der Waals surface area (Å²) in [5, 5.41) is 0. The maximum absolute atomic E-state index is 11.5. The molecule has 13 heavy (non-hydrogen) atoms. The van der Waals surface area contributed by atoms with Gasteiger partial charge >= 0.3 is 0 Å². The molecule has 1 saturated heterocycles. The quantitative estimate of drug-likeness (QED) is 0.651. The van der Waals surface area contributed by atoms with E-state index in [9.17, 15) is 4.79 Å². The summed E-state index contributed by atoms with van der Waals surface area (Å²) in [4.78, 5) is 11.5. The van der Waals surface area contributed by atoms with Crippen LogP contribution in [0, 0.1) is 0 Å². The van der Waals surface area contributed by atoms with Gasteiger partial charge in [-0.2, -0.15) is 0 Å². The van der Waals surface area contributed by atoms with Crippen molar-refractivity contribution < 1.29 is 9.53 Å². The van der Waals surface area contributed by atoms with Crippen molar-refractivity contribution in [2.75, 3.05) is 13.2 Å². The maximum atomic E-state index is 11.5. The van der Waals surface area contributed by atoms with Gasteiger partial charge in [-0.1, -0.05) is 30.3 Å². The first-order valence-electron chi connectivity index (χ1n) is 4.53. The summed E-state index contributed by atoms with van der Waals surface area (Å²) in [5.41, 5.74) is 1.08. The van der Waals surface area contributed by atoms with Gasteiger partial charge in [-0.3, -0.25) is 4.79 Å². The van der Waals surface area contributed by atoms with Gasteiger partial charge in [0.05, 0.1) is 19.1 Å². The predicted octanol–water partition coefficient (Wildman–Crippen LogP) is 1.76. The van der Waals surface area contributed by atoms with Crippen LogP contribution in [0.15, 0.2) is 30.3 Å². The van der Waals surface area contributed by atoms with Crippen molar-refractivity contribution in [3.63, 3.8) is 0 Å². The number of carbonyl (C=O) groups is 1. The maximum Gasteiger partial charge on any atom is 0.144 e. The van der Waals surface area contributed by atoms with Crippen LogP contribution in [0.3, 0.4) is 0 Å². The molecule has 0 bridgehead atoms. The number of ketones is 1. The number of hydrogen-bond donors (Lipinski definition) is 0. The molecule has 0 aliphatic carbocycles. The van der Waals surface area contributed by atoms with Crippen LogP contribution in [0.25, 0.3) is 0 Å². The highest BCUT2D eigenvalue weighted by Gasteiger charge is 2.23. The standard InChI is InChI=1S/C11H12O2/c12-11-6-7-13-8-10(11)9-4-2-1-3-5-9/h1-5,10H,6-8H2/t10-/m0/s1. The highest BCUT2D eigenvalue weighted by atomic mass is 16.5. The van der Waals surface area contributed by atoms with Crippen LogP contribution < -0.4 is 0 Å². The molecule has 0 unspecified atom stereocenters. The van der Waals surface area contributed by atoms with Crippen molar-refractivity contribution in [3.05, 3.63) is 35.9 Å². The lowest BCUT2D eigenvalue weighted by Gasteiger charge is -2.20. The molecule has 0 radical (unpaired) electrons. The largest absolute Gasteiger partial charge is 0.380 e. The molecule has 0 spiro atoms. The normalized spacial score (nSPS) is 23.1. The third kappa shape index (κ3) is 1.78. The monoisotopic (exact) mass is 176 g/mol. The molecule has 0 saturated carbocycles. The Kier molecular flexibility index (Phi) is 2.41. The third-order valence-electron chi connectivity index (χ3n) is 2.37. The van der Waals surface area contributed by atoms with Gasteiger partial charge in [0, 0.05) is 6.42 Å². The van der Waals surface area contributed by atoms with Crippen LogP contribution in [0.2, 0.25) is 0 Å². The second-order valence-corrected chi connectivity index (χ2v) is 3.25. The number of Topliss-reactive ketones (excluding diaryl/α,β-unsaturated/α-hetero) is 1. The van der Waals surface area contributed by atoms with Gasteiger partial charge in [0.15, 0.2) is 0 Å². The van der Waals surface area contributed by atoms with Crippen LogP contribution in [0.5, 0.6) is 0 Å². The molecule has 2 heteroatoms. The summed E-state index contributed by atoms with van der Waals surface area (Å²) in [6.45, 7) is 1.13. The van der Waals surface area contributed by atoms with E-state index in [1.165, 1.54) is 0 Å². The Balaban J connectivity index is 2.20. The van der Waals surface area contributed by atoms with E-state index >= 15 is 0 Å². The Morgan fingerprint density at radius 1 is 1.23 bits per heavy atom. The van der Waals surface area contributed by atoms with Crippen molar-refractivity contribution in [3.8, 4) is 0 Å². The molecular formula is C11H12O2. The van der Waals surface area contributed by atoms with E-state index in [1.54, 1.807) is 0 Å². The van der Waals surface area contributed by atoms with E-state index < -0.39 is 0 Å². The Hall–Kier alpha value is -1.15. The summed E-state index contributed by atoms with van der Waals surface area (Å²) < 4.78 is 5.29. The molecule has 1 aliphatic rings. The lowest BCUT2D eigenvalue weighted by Crippen LogP contribution is -2.25. The predicted molar refractivity (Wildman–Crippen MR) is 49.6 cm³/mol. The Morgan fingerprint density at radius 2 is 2.00 bits per heavy atom. The summed E-state index contributed by atoms with van der Waals surface area (Å²) in [7, 11) is 0. The number of hydrogen-bond acceptors (Lipinski definition) is 2. The molecule has 1 heterocycles. The molecule has 0 N–H and O–H groups in total. The smallest absolute Gasteiger partial charge is 0.144 e. The number of carbonyl (C=O) groups excluding carboxylic acids is 1. The van der Waals surface area contributed by atoms with Crippen LogP contribution in [0.4, 0.5) is 0 Å². The molecule has 0 amide bonds. The highest BCUT2D eigenvalue weighted by Crippen LogP contribution is 2.21. The van der Waals surface area contributed by atoms with Gasteiger partial charge in [-0.15, -0.1) is 0 Å². The van der Waals surface area contributed by atoms with Crippen molar-refractivity contribution in [2.24, 2.45) is 0 Å². The first kappa shape index (κ1) is 8.45. The molecule has 68 valence electrons. The first-order valence-corrected chi connectivity index (χ1v) is 4.53. The molecular weight excluding hydrogens is 164 g/mol. The molecule has 2 nitrogen and oxygen atoms in total. The SMILES string of the molecule is O=C1CCOC[C@H]1c1ccccc1. The molecule has 1 atom stereocenters. The van der Waals surface area contributed by atoms with Crippen LogP contribution >= 0.6 is 0 Å². The fraction of sp³-hybridized carbons (Fsp3) is 0.364. The summed E-state index contributed by atoms with van der Waals surface area (Å²) in [6.07, 6.45) is 0.555. The second kappa shape index (κ2) is 3.71. The van der Waals surface area contributed by atoms with Crippen LogP contribution in [-0.2, 0) is 9.53 Å². The van der Waals surface area contributed by atoms with E-state index in [0.29, 0.717) is 25.4 Å². The molecule has 1 aromatic carbocycles. The van der Waals surface area contributed by atoms with E-state index in [1.807, 2.05) is 30.3 Å². The van der Waals surface area contributed by atoms with Gasteiger partial charge in [-0.25, -0.2) is 0 Å². The van der Waals surface area contributed by atoms with Gasteiger partial charge in [0.25, 0.3) is 0 Å². The summed E-state index contributed by atoms with van der Waals surface area (Å²) in [5.74, 6) is 0.271. The molecule has 1 fully saturated rings. The van der Waals surface area contributed by atoms with E-state index in [2.05, 4.69) is 0 Å². The fourth-order valence-corrected chi connectivity index (χ4v) is 1.61. The second-order valence-electron chi connectivity index (χ2n) is 3.25. The molecule has 0 aromatic heterocycles. The van der Waals surface area contributed by atoms with Gasteiger partial charge in [-0.05, 0) is 5.56 Å². The number of ether oxygens (including phenoxy) is 1. The minimum atomic E-state index is -0.0325. The zero-order chi connectivity index (χ0) is 9.10. The average molecular weight is 176 g/mol. The van der Waals surface area contributed by atoms with E-state index in [-0.39, 0.29) is 5.92 Å². The minimum absolute atomic E-state index is 0.0325. The van der Waals surface area contributed by atoms with Crippen molar-refractivity contribution in [1.29, 1.82) is 0 Å². The highest BCUT2D eigenvalue weighted by molar-refractivity contribution is 5.86. The van der Waals surface area contributed by atoms with Crippen molar-refractivity contribution in [1.82, 2.24) is 0 Å². The molecule has 1 aromatic rings. The Labute approximate surface area is 77.5 Å². The summed E-state index contributed by atoms with van der Waals surface area (Å²) >= 11 is 0. The molecule has 2 rings (SSSR count). The number of rotatable bonds is 1. The zero-order valence-corrected chi connectivity index (χ0v) is 7.40. The lowest BCUT2D eigenvalue weighted by atomic mass is 9.92. The first-order chi connectivity index (χ1) is 6.38. The Bertz CT molecular complexity index is 292. The average Bonchev–Trinajstić information content (AvgIpc) is 2.20. The Morgan fingerprint density at radius 3 is 2.69 bits per heavy atom. The zero-order valence-electron chi connectivity index (χ0n) is 7.40. The van der Waals surface area contributed by atoms with Crippen molar-refractivity contribution in [2.45, 2.75) is 12.3 Å². The topological polar surface area (TPSA) is 26.3 Å². The molecule has 1 aliphatic heterocycles. The van der Waals surface area contributed by atoms with Crippen LogP contribution in [0.1, 0.15) is 17.9 Å². The van der Waals surface area contributed by atoms with E-state index in [4.69, 9.17) is 4.74 Å². The summed E-state index contributed by atoms with van der Waals surface area (Å²) in [6, 6.07) is 9.83. The van der Waals surface area contributed by atoms with Gasteiger partial charge < -0.3 is 4.74 Å².